The van der Waals surface area contributed by atoms with Gasteiger partial charge in [0.2, 0.25) is 5.91 Å². The highest BCUT2D eigenvalue weighted by Crippen LogP contribution is 2.66. The van der Waals surface area contributed by atoms with E-state index in [1.807, 2.05) is 18.5 Å². The predicted molar refractivity (Wildman–Crippen MR) is 177 cm³/mol. The average Bonchev–Trinajstić information content (AvgIpc) is 3.39. The molecule has 0 radical (unpaired) electrons. The molecule has 6 unspecified atom stereocenters. The van der Waals surface area contributed by atoms with Crippen molar-refractivity contribution in [1.82, 2.24) is 4.98 Å². The van der Waals surface area contributed by atoms with Gasteiger partial charge in [0, 0.05) is 25.2 Å². The minimum Gasteiger partial charge on any atom is -0.483 e. The lowest BCUT2D eigenvalue weighted by molar-refractivity contribution is -0.152. The van der Waals surface area contributed by atoms with Crippen LogP contribution in [0.3, 0.4) is 0 Å². The van der Waals surface area contributed by atoms with Crippen LogP contribution in [0.5, 0.6) is 0 Å². The molecule has 7 heteroatoms. The Morgan fingerprint density at radius 2 is 1.73 bits per heavy atom. The van der Waals surface area contributed by atoms with Crippen LogP contribution in [0.25, 0.3) is 5.57 Å². The summed E-state index contributed by atoms with van der Waals surface area (Å²) in [4.78, 5) is 35.8. The van der Waals surface area contributed by atoms with Crippen molar-refractivity contribution in [2.75, 3.05) is 0 Å². The van der Waals surface area contributed by atoms with Gasteiger partial charge in [-0.3, -0.25) is 19.4 Å². The number of nitrogens with zero attached hydrogens (tertiary/aromatic N) is 1. The number of amides is 1. The summed E-state index contributed by atoms with van der Waals surface area (Å²) >= 11 is 0. The maximum absolute atomic E-state index is 12.1. The molecule has 6 atom stereocenters. The fourth-order valence-corrected chi connectivity index (χ4v) is 8.67. The number of nitrogens with two attached hydrogens (primary N) is 1. The Morgan fingerprint density at radius 1 is 1.00 bits per heavy atom. The largest absolute Gasteiger partial charge is 0.483 e. The van der Waals surface area contributed by atoms with Crippen molar-refractivity contribution in [3.05, 3.63) is 83.7 Å². The van der Waals surface area contributed by atoms with E-state index >= 15 is 0 Å². The van der Waals surface area contributed by atoms with Crippen molar-refractivity contribution in [3.63, 3.8) is 0 Å². The number of carbonyl (C=O) groups excluding carboxylic acids is 2. The lowest BCUT2D eigenvalue weighted by Crippen LogP contribution is -2.50. The molecular weight excluding hydrogens is 564 g/mol. The first-order valence-corrected chi connectivity index (χ1v) is 16.6. The molecular formula is C38H50N2O5. The quantitative estimate of drug-likeness (QED) is 0.189. The highest BCUT2D eigenvalue weighted by Gasteiger charge is 2.57. The van der Waals surface area contributed by atoms with Crippen LogP contribution in [0, 0.1) is 28.6 Å². The van der Waals surface area contributed by atoms with E-state index in [1.165, 1.54) is 54.4 Å². The molecule has 2 fully saturated rings. The normalized spacial score (nSPS) is 29.4. The van der Waals surface area contributed by atoms with Gasteiger partial charge in [0.05, 0.1) is 6.42 Å². The Bertz CT molecular complexity index is 1360. The zero-order valence-corrected chi connectivity index (χ0v) is 27.1. The zero-order valence-electron chi connectivity index (χ0n) is 27.1. The fourth-order valence-electron chi connectivity index (χ4n) is 8.67. The Morgan fingerprint density at radius 3 is 2.40 bits per heavy atom. The topological polar surface area (TPSA) is 120 Å². The third kappa shape index (κ3) is 7.92. The Kier molecular flexibility index (Phi) is 11.8. The van der Waals surface area contributed by atoms with Crippen molar-refractivity contribution in [2.24, 2.45) is 34.3 Å². The molecule has 6 rings (SSSR count). The molecule has 0 spiro atoms. The van der Waals surface area contributed by atoms with Crippen LogP contribution in [0.2, 0.25) is 0 Å². The van der Waals surface area contributed by atoms with Crippen molar-refractivity contribution >= 4 is 23.9 Å². The lowest BCUT2D eigenvalue weighted by atomic mass is 9.47. The van der Waals surface area contributed by atoms with Crippen LogP contribution >= 0.6 is 0 Å². The summed E-state index contributed by atoms with van der Waals surface area (Å²) < 4.78 is 5.72. The van der Waals surface area contributed by atoms with Gasteiger partial charge in [0.25, 0.3) is 6.47 Å². The fraction of sp³-hybridized carbons (Fsp3) is 0.526. The van der Waals surface area contributed by atoms with Gasteiger partial charge in [-0.2, -0.15) is 0 Å². The molecule has 0 aliphatic heterocycles. The average molecular weight is 615 g/mol. The second-order valence-electron chi connectivity index (χ2n) is 13.5. The van der Waals surface area contributed by atoms with E-state index in [9.17, 15) is 9.59 Å². The zero-order chi connectivity index (χ0) is 32.5. The van der Waals surface area contributed by atoms with Crippen molar-refractivity contribution in [1.29, 1.82) is 0 Å². The number of benzene rings is 1. The lowest BCUT2D eigenvalue weighted by Gasteiger charge is -2.57. The molecule has 4 aliphatic rings. The smallest absolute Gasteiger partial charge is 0.306 e. The number of fused-ring (bicyclic) bond motifs is 5. The SMILES string of the molecule is CC12CCC(OC(=O)CCC(N)=O)CC1=CCC1C2CCC2(C)C(c3cccnc3)=CCC12.CCCc1ccccc1.O=CO. The van der Waals surface area contributed by atoms with E-state index in [0.717, 1.165) is 25.7 Å². The van der Waals surface area contributed by atoms with Gasteiger partial charge in [-0.1, -0.05) is 81.3 Å². The molecule has 7 nitrogen and oxygen atoms in total. The highest BCUT2D eigenvalue weighted by molar-refractivity contribution is 5.80. The van der Waals surface area contributed by atoms with Crippen LogP contribution in [0.1, 0.15) is 96.1 Å². The number of allylic oxidation sites excluding steroid dienone is 3. The van der Waals surface area contributed by atoms with Crippen molar-refractivity contribution in [3.8, 4) is 0 Å². The van der Waals surface area contributed by atoms with E-state index < -0.39 is 5.91 Å². The monoisotopic (exact) mass is 614 g/mol. The number of pyridine rings is 1. The third-order valence-corrected chi connectivity index (χ3v) is 10.9. The summed E-state index contributed by atoms with van der Waals surface area (Å²) in [6.45, 7) is 6.91. The minimum atomic E-state index is -0.457. The maximum Gasteiger partial charge on any atom is 0.306 e. The number of hydrogen-bond donors (Lipinski definition) is 2. The number of carboxylic acid groups (broad SMARTS) is 1. The molecule has 1 aromatic heterocycles. The minimum absolute atomic E-state index is 0.0605. The molecule has 2 saturated carbocycles. The number of hydrogen-bond acceptors (Lipinski definition) is 5. The van der Waals surface area contributed by atoms with Gasteiger partial charge >= 0.3 is 5.97 Å². The molecule has 4 aliphatic carbocycles. The van der Waals surface area contributed by atoms with Gasteiger partial charge in [0.15, 0.2) is 0 Å². The van der Waals surface area contributed by atoms with Crippen molar-refractivity contribution < 1.29 is 24.2 Å². The Labute approximate surface area is 268 Å². The van der Waals surface area contributed by atoms with Crippen molar-refractivity contribution in [2.45, 2.75) is 97.5 Å². The molecule has 1 amide bonds. The summed E-state index contributed by atoms with van der Waals surface area (Å²) in [5, 5.41) is 6.89. The second-order valence-corrected chi connectivity index (χ2v) is 13.5. The summed E-state index contributed by atoms with van der Waals surface area (Å²) in [6, 6.07) is 14.8. The first kappa shape index (κ1) is 34.1. The molecule has 45 heavy (non-hydrogen) atoms. The Balaban J connectivity index is 0.000000325. The second kappa shape index (κ2) is 15.5. The van der Waals surface area contributed by atoms with Gasteiger partial charge in [-0.05, 0) is 96.3 Å². The molecule has 0 bridgehead atoms. The first-order chi connectivity index (χ1) is 21.7. The van der Waals surface area contributed by atoms with Crippen LogP contribution in [-0.2, 0) is 25.5 Å². The molecule has 1 aromatic carbocycles. The van der Waals surface area contributed by atoms with Gasteiger partial charge in [-0.15, -0.1) is 0 Å². The van der Waals surface area contributed by atoms with E-state index in [4.69, 9.17) is 20.4 Å². The van der Waals surface area contributed by atoms with Crippen LogP contribution in [0.4, 0.5) is 0 Å². The molecule has 242 valence electrons. The van der Waals surface area contributed by atoms with Crippen LogP contribution in [-0.4, -0.2) is 34.5 Å². The number of esters is 1. The molecule has 2 aromatic rings. The number of carbonyl (C=O) groups is 3. The van der Waals surface area contributed by atoms with Gasteiger partial charge in [0.1, 0.15) is 6.10 Å². The van der Waals surface area contributed by atoms with E-state index in [2.05, 4.69) is 74.3 Å². The molecule has 3 N–H and O–H groups in total. The number of rotatable bonds is 7. The van der Waals surface area contributed by atoms with E-state index in [-0.39, 0.29) is 42.2 Å². The third-order valence-electron chi connectivity index (χ3n) is 10.9. The summed E-state index contributed by atoms with van der Waals surface area (Å²) in [5.74, 6) is 1.33. The standard InChI is InChI=1S/C28H36N2O3.C9H12.CH2O2/c1-27-13-11-20(33-26(32)10-9-25(29)31)16-19(27)5-6-21-23-8-7-22(18-4-3-15-30-17-18)28(23,2)14-12-24(21)27;1-2-6-9-7-4-3-5-8-9;2-1-3/h3-5,7,15,17,20-21,23-24H,6,8-14,16H2,1-2H3,(H2,29,31);3-5,7-8H,2,6H2,1H3;1H,(H,2,3). The first-order valence-electron chi connectivity index (χ1n) is 16.6. The van der Waals surface area contributed by atoms with E-state index in [1.54, 1.807) is 0 Å². The van der Waals surface area contributed by atoms with Crippen LogP contribution in [0.15, 0.2) is 72.6 Å². The predicted octanol–water partition coefficient (Wildman–Crippen LogP) is 7.55. The number of primary amides is 1. The number of aromatic nitrogens is 1. The van der Waals surface area contributed by atoms with Gasteiger partial charge in [-0.25, -0.2) is 0 Å². The van der Waals surface area contributed by atoms with E-state index in [0.29, 0.717) is 17.8 Å². The van der Waals surface area contributed by atoms with Gasteiger partial charge < -0.3 is 15.6 Å². The Hall–Kier alpha value is -3.74. The maximum atomic E-state index is 12.1. The summed E-state index contributed by atoms with van der Waals surface area (Å²) in [5.41, 5.74) is 11.3. The molecule has 1 heterocycles. The molecule has 0 saturated heterocycles. The number of aryl methyl sites for hydroxylation is 1. The number of ether oxygens (including phenoxy) is 1. The summed E-state index contributed by atoms with van der Waals surface area (Å²) in [7, 11) is 0. The summed E-state index contributed by atoms with van der Waals surface area (Å²) in [6.07, 6.45) is 19.0. The van der Waals surface area contributed by atoms with Crippen LogP contribution < -0.4 is 5.73 Å². The highest BCUT2D eigenvalue weighted by atomic mass is 16.5.